The maximum atomic E-state index is 6.19. The molecule has 2 atom stereocenters. The smallest absolute Gasteiger partial charge is 0.229 e. The Hall–Kier alpha value is -1.23. The van der Waals surface area contributed by atoms with Crippen molar-refractivity contribution in [2.24, 2.45) is 5.41 Å². The molecule has 0 saturated heterocycles. The van der Waals surface area contributed by atoms with Crippen molar-refractivity contribution in [3.63, 3.8) is 0 Å². The largest absolute Gasteiger partial charge is 0.481 e. The van der Waals surface area contributed by atoms with E-state index in [1.54, 1.807) is 20.3 Å². The number of ether oxygens (including phenoxy) is 2. The zero-order chi connectivity index (χ0) is 13.3. The summed E-state index contributed by atoms with van der Waals surface area (Å²) in [4.78, 5) is 8.49. The van der Waals surface area contributed by atoms with Crippen LogP contribution in [0.25, 0.3) is 0 Å². The lowest BCUT2D eigenvalue weighted by molar-refractivity contribution is 0.167. The Morgan fingerprint density at radius 1 is 1.28 bits per heavy atom. The van der Waals surface area contributed by atoms with E-state index >= 15 is 0 Å². The molecule has 18 heavy (non-hydrogen) atoms. The van der Waals surface area contributed by atoms with Gasteiger partial charge in [0, 0.05) is 16.8 Å². The molecule has 1 heterocycles. The molecular formula is C12H18ClN3O2. The van der Waals surface area contributed by atoms with Crippen molar-refractivity contribution in [2.75, 3.05) is 19.5 Å². The molecule has 0 bridgehead atoms. The van der Waals surface area contributed by atoms with Gasteiger partial charge in [-0.2, -0.15) is 9.97 Å². The molecule has 0 radical (unpaired) electrons. The average Bonchev–Trinajstić information content (AvgIpc) is 2.38. The summed E-state index contributed by atoms with van der Waals surface area (Å²) in [7, 11) is 3.13. The number of alkyl halides is 1. The average molecular weight is 272 g/mol. The van der Waals surface area contributed by atoms with Gasteiger partial charge < -0.3 is 14.8 Å². The van der Waals surface area contributed by atoms with Crippen LogP contribution >= 0.6 is 11.6 Å². The zero-order valence-corrected chi connectivity index (χ0v) is 11.8. The molecule has 2 unspecified atom stereocenters. The van der Waals surface area contributed by atoms with E-state index in [-0.39, 0.29) is 16.8 Å². The predicted molar refractivity (Wildman–Crippen MR) is 70.6 cm³/mol. The molecule has 1 aromatic rings. The summed E-state index contributed by atoms with van der Waals surface area (Å²) in [5.41, 5.74) is 0.0290. The number of anilines is 1. The first-order valence-corrected chi connectivity index (χ1v) is 6.28. The Morgan fingerprint density at radius 2 is 1.83 bits per heavy atom. The topological polar surface area (TPSA) is 56.3 Å². The fraction of sp³-hybridized carbons (Fsp3) is 0.667. The molecule has 0 spiro atoms. The van der Waals surface area contributed by atoms with Gasteiger partial charge in [-0.1, -0.05) is 13.8 Å². The molecule has 1 N–H and O–H groups in total. The van der Waals surface area contributed by atoms with Crippen molar-refractivity contribution in [1.29, 1.82) is 0 Å². The molecule has 1 aliphatic carbocycles. The van der Waals surface area contributed by atoms with E-state index in [9.17, 15) is 0 Å². The fourth-order valence-corrected chi connectivity index (χ4v) is 2.28. The highest BCUT2D eigenvalue weighted by Crippen LogP contribution is 2.45. The van der Waals surface area contributed by atoms with Crippen LogP contribution in [-0.2, 0) is 0 Å². The van der Waals surface area contributed by atoms with Gasteiger partial charge in [0.2, 0.25) is 17.7 Å². The summed E-state index contributed by atoms with van der Waals surface area (Å²) in [5.74, 6) is 1.46. The minimum absolute atomic E-state index is 0.0290. The molecule has 2 rings (SSSR count). The second-order valence-corrected chi connectivity index (χ2v) is 5.52. The summed E-state index contributed by atoms with van der Waals surface area (Å²) in [6, 6.07) is 1.90. The summed E-state index contributed by atoms with van der Waals surface area (Å²) in [5, 5.41) is 3.46. The Kier molecular flexibility index (Phi) is 3.52. The van der Waals surface area contributed by atoms with E-state index in [0.29, 0.717) is 17.7 Å². The van der Waals surface area contributed by atoms with Crippen LogP contribution < -0.4 is 14.8 Å². The second-order valence-electron chi connectivity index (χ2n) is 5.00. The predicted octanol–water partition coefficient (Wildman–Crippen LogP) is 2.31. The zero-order valence-electron chi connectivity index (χ0n) is 11.0. The molecule has 6 heteroatoms. The Morgan fingerprint density at radius 3 is 2.22 bits per heavy atom. The van der Waals surface area contributed by atoms with Crippen molar-refractivity contribution in [3.8, 4) is 11.8 Å². The second kappa shape index (κ2) is 4.80. The van der Waals surface area contributed by atoms with Crippen LogP contribution in [0.15, 0.2) is 6.07 Å². The van der Waals surface area contributed by atoms with Crippen LogP contribution in [-0.4, -0.2) is 35.6 Å². The van der Waals surface area contributed by atoms with Gasteiger partial charge in [0.15, 0.2) is 0 Å². The van der Waals surface area contributed by atoms with Crippen molar-refractivity contribution in [3.05, 3.63) is 6.07 Å². The molecule has 1 saturated carbocycles. The first-order chi connectivity index (χ1) is 8.47. The quantitative estimate of drug-likeness (QED) is 0.852. The van der Waals surface area contributed by atoms with Gasteiger partial charge >= 0.3 is 0 Å². The molecule has 100 valence electrons. The summed E-state index contributed by atoms with van der Waals surface area (Å²) >= 11 is 6.19. The summed E-state index contributed by atoms with van der Waals surface area (Å²) < 4.78 is 10.2. The van der Waals surface area contributed by atoms with Gasteiger partial charge in [-0.3, -0.25) is 0 Å². The van der Waals surface area contributed by atoms with Gasteiger partial charge in [-0.05, 0) is 6.42 Å². The van der Waals surface area contributed by atoms with Crippen LogP contribution in [0.3, 0.4) is 0 Å². The molecule has 1 fully saturated rings. The van der Waals surface area contributed by atoms with Gasteiger partial charge in [-0.15, -0.1) is 11.6 Å². The summed E-state index contributed by atoms with van der Waals surface area (Å²) in [6.45, 7) is 4.26. The van der Waals surface area contributed by atoms with Crippen molar-refractivity contribution >= 4 is 17.5 Å². The lowest BCUT2D eigenvalue weighted by atomic mass is 9.67. The highest BCUT2D eigenvalue weighted by molar-refractivity contribution is 6.21. The van der Waals surface area contributed by atoms with Crippen LogP contribution in [0, 0.1) is 5.41 Å². The van der Waals surface area contributed by atoms with Crippen LogP contribution in [0.5, 0.6) is 11.8 Å². The maximum Gasteiger partial charge on any atom is 0.229 e. The molecule has 1 aliphatic rings. The van der Waals surface area contributed by atoms with Gasteiger partial charge in [0.25, 0.3) is 0 Å². The van der Waals surface area contributed by atoms with Crippen LogP contribution in [0.4, 0.5) is 5.95 Å². The highest BCUT2D eigenvalue weighted by atomic mass is 35.5. The third-order valence-electron chi connectivity index (χ3n) is 3.55. The van der Waals surface area contributed by atoms with E-state index in [1.807, 2.05) is 0 Å². The van der Waals surface area contributed by atoms with E-state index in [4.69, 9.17) is 21.1 Å². The number of nitrogens with zero attached hydrogens (tertiary/aromatic N) is 2. The van der Waals surface area contributed by atoms with Crippen molar-refractivity contribution in [2.45, 2.75) is 31.7 Å². The van der Waals surface area contributed by atoms with Crippen LogP contribution in [0.2, 0.25) is 0 Å². The molecule has 0 aliphatic heterocycles. The number of nitrogens with one attached hydrogen (secondary N) is 1. The van der Waals surface area contributed by atoms with Crippen LogP contribution in [0.1, 0.15) is 20.3 Å². The number of hydrogen-bond acceptors (Lipinski definition) is 5. The Bertz CT molecular complexity index is 417. The number of methoxy groups -OCH3 is 2. The van der Waals surface area contributed by atoms with Gasteiger partial charge in [-0.25, -0.2) is 0 Å². The minimum Gasteiger partial charge on any atom is -0.481 e. The van der Waals surface area contributed by atoms with Crippen molar-refractivity contribution in [1.82, 2.24) is 9.97 Å². The normalized spacial score (nSPS) is 25.2. The SMILES string of the molecule is COc1cc(OC)nc(NC2CC(Cl)C2(C)C)n1. The number of aromatic nitrogens is 2. The molecule has 1 aromatic heterocycles. The third kappa shape index (κ3) is 2.32. The first-order valence-electron chi connectivity index (χ1n) is 5.85. The monoisotopic (exact) mass is 271 g/mol. The molecular weight excluding hydrogens is 254 g/mol. The number of rotatable bonds is 4. The molecule has 0 amide bonds. The fourth-order valence-electron chi connectivity index (χ4n) is 1.95. The lowest BCUT2D eigenvalue weighted by Crippen LogP contribution is -2.54. The van der Waals surface area contributed by atoms with E-state index in [2.05, 4.69) is 29.1 Å². The Labute approximate surface area is 112 Å². The van der Waals surface area contributed by atoms with Gasteiger partial charge in [0.05, 0.1) is 20.3 Å². The number of hydrogen-bond donors (Lipinski definition) is 1. The molecule has 5 nitrogen and oxygen atoms in total. The van der Waals surface area contributed by atoms with Crippen molar-refractivity contribution < 1.29 is 9.47 Å². The third-order valence-corrected chi connectivity index (χ3v) is 4.29. The number of halogens is 1. The van der Waals surface area contributed by atoms with E-state index < -0.39 is 0 Å². The first kappa shape index (κ1) is 13.2. The highest BCUT2D eigenvalue weighted by Gasteiger charge is 2.47. The van der Waals surface area contributed by atoms with E-state index in [1.165, 1.54) is 0 Å². The maximum absolute atomic E-state index is 6.19. The molecule has 0 aromatic carbocycles. The summed E-state index contributed by atoms with van der Waals surface area (Å²) in [6.07, 6.45) is 0.900. The van der Waals surface area contributed by atoms with E-state index in [0.717, 1.165) is 6.42 Å². The van der Waals surface area contributed by atoms with Gasteiger partial charge in [0.1, 0.15) is 0 Å². The standard InChI is InChI=1S/C12H18ClN3O2/c1-12(2)7(13)5-8(12)14-11-15-9(17-3)6-10(16-11)18-4/h6-8H,5H2,1-4H3,(H,14,15,16). The minimum atomic E-state index is 0.0290. The lowest BCUT2D eigenvalue weighted by Gasteiger charge is -2.49. The Balaban J connectivity index is 2.14.